The van der Waals surface area contributed by atoms with Crippen molar-refractivity contribution in [3.8, 4) is 0 Å². The van der Waals surface area contributed by atoms with Crippen molar-refractivity contribution >= 4 is 11.9 Å². The van der Waals surface area contributed by atoms with Crippen LogP contribution in [0.4, 0.5) is 0 Å². The summed E-state index contributed by atoms with van der Waals surface area (Å²) in [6, 6.07) is 8.97. The van der Waals surface area contributed by atoms with E-state index in [1.54, 1.807) is 0 Å². The molecule has 0 bridgehead atoms. The Morgan fingerprint density at radius 2 is 1.94 bits per heavy atom. The molecule has 5 nitrogen and oxygen atoms in total. The van der Waals surface area contributed by atoms with E-state index in [4.69, 9.17) is 10.8 Å². The van der Waals surface area contributed by atoms with E-state index in [2.05, 4.69) is 5.32 Å². The first-order valence-electron chi connectivity index (χ1n) is 5.88. The molecule has 1 amide bonds. The first-order chi connectivity index (χ1) is 8.59. The van der Waals surface area contributed by atoms with Crippen LogP contribution in [0.25, 0.3) is 0 Å². The van der Waals surface area contributed by atoms with E-state index in [-0.39, 0.29) is 6.42 Å². The van der Waals surface area contributed by atoms with E-state index >= 15 is 0 Å². The highest BCUT2D eigenvalue weighted by atomic mass is 16.4. The number of carboxylic acids is 1. The largest absolute Gasteiger partial charge is 0.481 e. The average molecular weight is 250 g/mol. The summed E-state index contributed by atoms with van der Waals surface area (Å²) < 4.78 is 0. The Labute approximate surface area is 106 Å². The average Bonchev–Trinajstić information content (AvgIpc) is 2.34. The number of nitrogens with one attached hydrogen (secondary N) is 1. The molecule has 0 fully saturated rings. The predicted molar refractivity (Wildman–Crippen MR) is 68.0 cm³/mol. The quantitative estimate of drug-likeness (QED) is 0.616. The number of aliphatic carboxylic acids is 1. The van der Waals surface area contributed by atoms with Crippen LogP contribution in [0.1, 0.15) is 18.4 Å². The summed E-state index contributed by atoms with van der Waals surface area (Å²) in [7, 11) is 0. The van der Waals surface area contributed by atoms with E-state index in [1.165, 1.54) is 5.56 Å². The third kappa shape index (κ3) is 5.45. The maximum Gasteiger partial charge on any atom is 0.305 e. The lowest BCUT2D eigenvalue weighted by molar-refractivity contribution is -0.139. The van der Waals surface area contributed by atoms with Crippen molar-refractivity contribution < 1.29 is 14.7 Å². The monoisotopic (exact) mass is 250 g/mol. The minimum absolute atomic E-state index is 0.343. The molecule has 0 saturated heterocycles. The van der Waals surface area contributed by atoms with Gasteiger partial charge in [-0.25, -0.2) is 0 Å². The second-order valence-corrected chi connectivity index (χ2v) is 4.08. The van der Waals surface area contributed by atoms with Crippen LogP contribution in [0.15, 0.2) is 30.3 Å². The highest BCUT2D eigenvalue weighted by Gasteiger charge is 2.15. The minimum atomic E-state index is -1.07. The Morgan fingerprint density at radius 3 is 2.56 bits per heavy atom. The third-order valence-corrected chi connectivity index (χ3v) is 2.52. The Balaban J connectivity index is 2.18. The number of carbonyl (C=O) groups is 2. The number of benzene rings is 1. The van der Waals surface area contributed by atoms with Crippen LogP contribution in [0, 0.1) is 0 Å². The SMILES string of the molecule is NC(CC(=O)O)C(=O)NCCCc1ccccc1. The fraction of sp³-hybridized carbons (Fsp3) is 0.385. The van der Waals surface area contributed by atoms with Gasteiger partial charge in [-0.15, -0.1) is 0 Å². The molecule has 0 aliphatic heterocycles. The van der Waals surface area contributed by atoms with Gasteiger partial charge in [0.1, 0.15) is 0 Å². The molecule has 0 aliphatic rings. The van der Waals surface area contributed by atoms with Gasteiger partial charge in [-0.1, -0.05) is 30.3 Å². The van der Waals surface area contributed by atoms with E-state index < -0.39 is 17.9 Å². The molecule has 98 valence electrons. The van der Waals surface area contributed by atoms with Crippen LogP contribution >= 0.6 is 0 Å². The predicted octanol–water partition coefficient (Wildman–Crippen LogP) is 0.537. The topological polar surface area (TPSA) is 92.4 Å². The van der Waals surface area contributed by atoms with E-state index in [1.807, 2.05) is 30.3 Å². The van der Waals surface area contributed by atoms with Crippen molar-refractivity contribution in [2.75, 3.05) is 6.54 Å². The van der Waals surface area contributed by atoms with E-state index in [0.717, 1.165) is 12.8 Å². The molecule has 1 unspecified atom stereocenters. The summed E-state index contributed by atoms with van der Waals surface area (Å²) in [4.78, 5) is 21.8. The van der Waals surface area contributed by atoms with Crippen LogP contribution in [0.5, 0.6) is 0 Å². The van der Waals surface area contributed by atoms with Gasteiger partial charge in [0.2, 0.25) is 5.91 Å². The minimum Gasteiger partial charge on any atom is -0.481 e. The molecule has 0 aliphatic carbocycles. The molecular formula is C13H18N2O3. The summed E-state index contributed by atoms with van der Waals surface area (Å²) in [5.74, 6) is -1.48. The molecule has 5 heteroatoms. The van der Waals surface area contributed by atoms with Crippen molar-refractivity contribution in [1.82, 2.24) is 5.32 Å². The molecule has 1 aromatic rings. The Kier molecular flexibility index (Phi) is 5.87. The molecule has 0 saturated carbocycles. The van der Waals surface area contributed by atoms with Crippen LogP contribution in [0.3, 0.4) is 0 Å². The molecule has 0 radical (unpaired) electrons. The number of rotatable bonds is 7. The number of hydrogen-bond donors (Lipinski definition) is 3. The van der Waals surface area contributed by atoms with Gasteiger partial charge in [0, 0.05) is 6.54 Å². The van der Waals surface area contributed by atoms with Gasteiger partial charge < -0.3 is 16.2 Å². The fourth-order valence-corrected chi connectivity index (χ4v) is 1.56. The smallest absolute Gasteiger partial charge is 0.305 e. The molecule has 0 heterocycles. The van der Waals surface area contributed by atoms with Gasteiger partial charge in [-0.05, 0) is 18.4 Å². The van der Waals surface area contributed by atoms with Crippen molar-refractivity contribution in [2.45, 2.75) is 25.3 Å². The van der Waals surface area contributed by atoms with Gasteiger partial charge in [0.05, 0.1) is 12.5 Å². The van der Waals surface area contributed by atoms with Crippen LogP contribution in [-0.4, -0.2) is 29.6 Å². The standard InChI is InChI=1S/C13H18N2O3/c14-11(9-12(16)17)13(18)15-8-4-7-10-5-2-1-3-6-10/h1-3,5-6,11H,4,7-9,14H2,(H,15,18)(H,16,17). The fourth-order valence-electron chi connectivity index (χ4n) is 1.56. The van der Waals surface area contributed by atoms with Crippen LogP contribution in [0.2, 0.25) is 0 Å². The Bertz CT molecular complexity index is 392. The number of carbonyl (C=O) groups excluding carboxylic acids is 1. The normalized spacial score (nSPS) is 11.8. The highest BCUT2D eigenvalue weighted by molar-refractivity contribution is 5.85. The molecule has 0 spiro atoms. The molecular weight excluding hydrogens is 232 g/mol. The molecule has 18 heavy (non-hydrogen) atoms. The van der Waals surface area contributed by atoms with E-state index in [0.29, 0.717) is 6.54 Å². The Morgan fingerprint density at radius 1 is 1.28 bits per heavy atom. The first kappa shape index (κ1) is 14.2. The van der Waals surface area contributed by atoms with Crippen molar-refractivity contribution in [1.29, 1.82) is 0 Å². The molecule has 1 rings (SSSR count). The number of aryl methyl sites for hydroxylation is 1. The zero-order chi connectivity index (χ0) is 13.4. The summed E-state index contributed by atoms with van der Waals surface area (Å²) in [6.07, 6.45) is 1.33. The van der Waals surface area contributed by atoms with Crippen LogP contribution < -0.4 is 11.1 Å². The number of hydrogen-bond acceptors (Lipinski definition) is 3. The molecule has 4 N–H and O–H groups in total. The van der Waals surface area contributed by atoms with Gasteiger partial charge in [-0.3, -0.25) is 9.59 Å². The van der Waals surface area contributed by atoms with Gasteiger partial charge in [0.15, 0.2) is 0 Å². The number of nitrogens with two attached hydrogens (primary N) is 1. The summed E-state index contributed by atoms with van der Waals surface area (Å²) in [5.41, 5.74) is 6.63. The maximum atomic E-state index is 11.4. The summed E-state index contributed by atoms with van der Waals surface area (Å²) in [5, 5.41) is 11.1. The number of carboxylic acid groups (broad SMARTS) is 1. The first-order valence-corrected chi connectivity index (χ1v) is 5.88. The molecule has 1 atom stereocenters. The van der Waals surface area contributed by atoms with Gasteiger partial charge >= 0.3 is 5.97 Å². The van der Waals surface area contributed by atoms with Crippen molar-refractivity contribution in [3.05, 3.63) is 35.9 Å². The van der Waals surface area contributed by atoms with E-state index in [9.17, 15) is 9.59 Å². The van der Waals surface area contributed by atoms with Crippen molar-refractivity contribution in [2.24, 2.45) is 5.73 Å². The second-order valence-electron chi connectivity index (χ2n) is 4.08. The zero-order valence-electron chi connectivity index (χ0n) is 10.1. The third-order valence-electron chi connectivity index (χ3n) is 2.52. The summed E-state index contributed by atoms with van der Waals surface area (Å²) >= 11 is 0. The van der Waals surface area contributed by atoms with Gasteiger partial charge in [-0.2, -0.15) is 0 Å². The van der Waals surface area contributed by atoms with Crippen molar-refractivity contribution in [3.63, 3.8) is 0 Å². The second kappa shape index (κ2) is 7.45. The highest BCUT2D eigenvalue weighted by Crippen LogP contribution is 2.01. The molecule has 1 aromatic carbocycles. The summed E-state index contributed by atoms with van der Waals surface area (Å²) in [6.45, 7) is 0.501. The number of amides is 1. The maximum absolute atomic E-state index is 11.4. The zero-order valence-corrected chi connectivity index (χ0v) is 10.1. The lowest BCUT2D eigenvalue weighted by atomic mass is 10.1. The van der Waals surface area contributed by atoms with Gasteiger partial charge in [0.25, 0.3) is 0 Å². The Hall–Kier alpha value is -1.88. The molecule has 0 aromatic heterocycles. The van der Waals surface area contributed by atoms with Crippen LogP contribution in [-0.2, 0) is 16.0 Å². The lowest BCUT2D eigenvalue weighted by Crippen LogP contribution is -2.42. The lowest BCUT2D eigenvalue weighted by Gasteiger charge is -2.09.